The molecule has 1 rings (SSSR count). The molecule has 1 aromatic carbocycles. The molecule has 2 heteroatoms. The van der Waals surface area contributed by atoms with E-state index in [1.807, 2.05) is 12.1 Å². The highest BCUT2D eigenvalue weighted by Crippen LogP contribution is 2.32. The molecule has 0 bridgehead atoms. The minimum absolute atomic E-state index is 0.508. The van der Waals surface area contributed by atoms with Crippen molar-refractivity contribution in [3.05, 3.63) is 23.3 Å². The maximum absolute atomic E-state index is 6.02. The summed E-state index contributed by atoms with van der Waals surface area (Å²) in [4.78, 5) is 0. The van der Waals surface area contributed by atoms with Crippen molar-refractivity contribution >= 4 is 0 Å². The van der Waals surface area contributed by atoms with Gasteiger partial charge in [0, 0.05) is 24.0 Å². The normalized spacial score (nSPS) is 10.2. The van der Waals surface area contributed by atoms with Crippen LogP contribution in [-0.2, 0) is 12.8 Å². The van der Waals surface area contributed by atoms with Gasteiger partial charge in [0.05, 0.1) is 13.2 Å². The van der Waals surface area contributed by atoms with Crippen molar-refractivity contribution < 1.29 is 9.47 Å². The second-order valence-corrected chi connectivity index (χ2v) is 6.60. The van der Waals surface area contributed by atoms with Crippen LogP contribution < -0.4 is 9.47 Å². The summed E-state index contributed by atoms with van der Waals surface area (Å²) in [6, 6.07) is 3.96. The lowest BCUT2D eigenvalue weighted by molar-refractivity contribution is 0.293. The average molecular weight is 355 g/mol. The summed E-state index contributed by atoms with van der Waals surface area (Å²) in [7, 11) is 0. The van der Waals surface area contributed by atoms with Crippen molar-refractivity contribution in [2.45, 2.75) is 78.1 Å². The Morgan fingerprint density at radius 1 is 0.692 bits per heavy atom. The molecule has 0 aliphatic heterocycles. The van der Waals surface area contributed by atoms with Crippen LogP contribution in [0.5, 0.6) is 11.5 Å². The Labute approximate surface area is 160 Å². The molecule has 0 saturated carbocycles. The molecule has 0 aliphatic rings. The maximum atomic E-state index is 6.02. The van der Waals surface area contributed by atoms with Crippen LogP contribution in [0.4, 0.5) is 0 Å². The van der Waals surface area contributed by atoms with Crippen molar-refractivity contribution in [3.63, 3.8) is 0 Å². The van der Waals surface area contributed by atoms with E-state index < -0.39 is 0 Å². The number of hydrogen-bond acceptors (Lipinski definition) is 2. The van der Waals surface area contributed by atoms with E-state index in [2.05, 4.69) is 25.7 Å². The van der Waals surface area contributed by atoms with Crippen molar-refractivity contribution in [2.24, 2.45) is 0 Å². The molecule has 0 radical (unpaired) electrons. The molecule has 0 aliphatic carbocycles. The lowest BCUT2D eigenvalue weighted by Crippen LogP contribution is -2.06. The van der Waals surface area contributed by atoms with E-state index >= 15 is 0 Å². The summed E-state index contributed by atoms with van der Waals surface area (Å²) in [6.07, 6.45) is 21.6. The topological polar surface area (TPSA) is 18.5 Å². The third-order valence-corrected chi connectivity index (χ3v) is 4.41. The number of ether oxygens (including phenoxy) is 2. The molecule has 0 atom stereocenters. The van der Waals surface area contributed by atoms with Gasteiger partial charge in [-0.1, -0.05) is 52.4 Å². The molecular weight excluding hydrogens is 320 g/mol. The molecule has 0 spiro atoms. The van der Waals surface area contributed by atoms with Gasteiger partial charge in [0.15, 0.2) is 0 Å². The Morgan fingerprint density at radius 3 is 1.46 bits per heavy atom. The third kappa shape index (κ3) is 7.88. The van der Waals surface area contributed by atoms with Crippen LogP contribution in [0.2, 0.25) is 0 Å². The molecule has 0 fully saturated rings. The number of terminal acetylenes is 2. The Hall–Kier alpha value is -2.06. The first-order chi connectivity index (χ1) is 12.8. The lowest BCUT2D eigenvalue weighted by atomic mass is 9.99. The third-order valence-electron chi connectivity index (χ3n) is 4.41. The van der Waals surface area contributed by atoms with E-state index in [4.69, 9.17) is 22.3 Å². The molecule has 2 nitrogen and oxygen atoms in total. The Morgan fingerprint density at radius 2 is 1.12 bits per heavy atom. The van der Waals surface area contributed by atoms with Gasteiger partial charge < -0.3 is 9.47 Å². The van der Waals surface area contributed by atoms with E-state index in [9.17, 15) is 0 Å². The predicted molar refractivity (Wildman–Crippen MR) is 111 cm³/mol. The van der Waals surface area contributed by atoms with Gasteiger partial charge in [-0.3, -0.25) is 0 Å². The van der Waals surface area contributed by atoms with Crippen LogP contribution in [0, 0.1) is 24.7 Å². The first-order valence-corrected chi connectivity index (χ1v) is 10.1. The van der Waals surface area contributed by atoms with Crippen LogP contribution in [0.1, 0.15) is 76.3 Å². The quantitative estimate of drug-likeness (QED) is 0.303. The Kier molecular flexibility index (Phi) is 12.0. The van der Waals surface area contributed by atoms with Gasteiger partial charge in [-0.15, -0.1) is 24.7 Å². The van der Waals surface area contributed by atoms with Crippen LogP contribution in [-0.4, -0.2) is 13.2 Å². The smallest absolute Gasteiger partial charge is 0.124 e. The van der Waals surface area contributed by atoms with Crippen molar-refractivity contribution in [3.8, 4) is 36.2 Å². The zero-order valence-corrected chi connectivity index (χ0v) is 16.6. The SMILES string of the molecule is C#CCc1c(OCCCCCC)ccc(OCCCCCC)c1CC#C. The van der Waals surface area contributed by atoms with E-state index in [0.717, 1.165) is 35.5 Å². The molecule has 0 heterocycles. The van der Waals surface area contributed by atoms with Crippen molar-refractivity contribution in [1.82, 2.24) is 0 Å². The van der Waals surface area contributed by atoms with E-state index in [-0.39, 0.29) is 0 Å². The minimum Gasteiger partial charge on any atom is -0.493 e. The van der Waals surface area contributed by atoms with Gasteiger partial charge in [-0.2, -0.15) is 0 Å². The van der Waals surface area contributed by atoms with Crippen LogP contribution >= 0.6 is 0 Å². The molecule has 142 valence electrons. The molecule has 0 aromatic heterocycles. The summed E-state index contributed by atoms with van der Waals surface area (Å²) in [5.74, 6) is 7.18. The zero-order chi connectivity index (χ0) is 19.0. The summed E-state index contributed by atoms with van der Waals surface area (Å²) in [6.45, 7) is 5.84. The molecular formula is C24H34O2. The second kappa shape index (κ2) is 14.1. The standard InChI is InChI=1S/C24H34O2/c1-5-9-11-13-19-25-23-17-18-24(26-20-14-12-10-6-2)22(16-8-4)21(23)15-7-3/h3-4,17-18H,5-6,9-16,19-20H2,1-2H3. The number of hydrogen-bond donors (Lipinski definition) is 0. The highest BCUT2D eigenvalue weighted by Gasteiger charge is 2.14. The summed E-state index contributed by atoms with van der Waals surface area (Å²) >= 11 is 0. The predicted octanol–water partition coefficient (Wildman–Crippen LogP) is 5.96. The van der Waals surface area contributed by atoms with Gasteiger partial charge in [-0.25, -0.2) is 0 Å². The van der Waals surface area contributed by atoms with Gasteiger partial charge in [0.1, 0.15) is 11.5 Å². The first-order valence-electron chi connectivity index (χ1n) is 10.1. The highest BCUT2D eigenvalue weighted by molar-refractivity contribution is 5.51. The fourth-order valence-electron chi connectivity index (χ4n) is 2.93. The molecule has 0 saturated heterocycles. The zero-order valence-electron chi connectivity index (χ0n) is 16.6. The van der Waals surface area contributed by atoms with Gasteiger partial charge in [0.25, 0.3) is 0 Å². The van der Waals surface area contributed by atoms with E-state index in [1.165, 1.54) is 38.5 Å². The van der Waals surface area contributed by atoms with E-state index in [1.54, 1.807) is 0 Å². The molecule has 0 amide bonds. The molecule has 0 N–H and O–H groups in total. The second-order valence-electron chi connectivity index (χ2n) is 6.60. The number of unbranched alkanes of at least 4 members (excludes halogenated alkanes) is 6. The van der Waals surface area contributed by atoms with E-state index in [0.29, 0.717) is 26.1 Å². The summed E-state index contributed by atoms with van der Waals surface area (Å²) in [5, 5.41) is 0. The largest absolute Gasteiger partial charge is 0.493 e. The molecule has 0 unspecified atom stereocenters. The number of benzene rings is 1. The van der Waals surface area contributed by atoms with Crippen LogP contribution in [0.25, 0.3) is 0 Å². The van der Waals surface area contributed by atoms with Crippen LogP contribution in [0.3, 0.4) is 0 Å². The molecule has 1 aromatic rings. The summed E-state index contributed by atoms with van der Waals surface area (Å²) < 4.78 is 12.0. The van der Waals surface area contributed by atoms with Crippen molar-refractivity contribution in [1.29, 1.82) is 0 Å². The number of rotatable bonds is 14. The highest BCUT2D eigenvalue weighted by atomic mass is 16.5. The van der Waals surface area contributed by atoms with Crippen molar-refractivity contribution in [2.75, 3.05) is 13.2 Å². The fourth-order valence-corrected chi connectivity index (χ4v) is 2.93. The van der Waals surface area contributed by atoms with Crippen LogP contribution in [0.15, 0.2) is 12.1 Å². The fraction of sp³-hybridized carbons (Fsp3) is 0.583. The Balaban J connectivity index is 2.83. The first kappa shape index (κ1) is 22.0. The Bertz CT molecular complexity index is 536. The maximum Gasteiger partial charge on any atom is 0.124 e. The minimum atomic E-state index is 0.508. The van der Waals surface area contributed by atoms with Gasteiger partial charge in [-0.05, 0) is 25.0 Å². The molecule has 26 heavy (non-hydrogen) atoms. The van der Waals surface area contributed by atoms with Gasteiger partial charge in [0.2, 0.25) is 0 Å². The lowest BCUT2D eigenvalue weighted by Gasteiger charge is -2.17. The summed E-state index contributed by atoms with van der Waals surface area (Å²) in [5.41, 5.74) is 2.01. The average Bonchev–Trinajstić information content (AvgIpc) is 2.65. The monoisotopic (exact) mass is 354 g/mol. The van der Waals surface area contributed by atoms with Gasteiger partial charge >= 0.3 is 0 Å².